The second kappa shape index (κ2) is 7.27. The van der Waals surface area contributed by atoms with E-state index in [1.165, 1.54) is 0 Å². The number of rotatable bonds is 5. The summed E-state index contributed by atoms with van der Waals surface area (Å²) in [5.41, 5.74) is 0. The minimum absolute atomic E-state index is 0.0580. The summed E-state index contributed by atoms with van der Waals surface area (Å²) in [6.07, 6.45) is 1.75. The molecule has 1 saturated heterocycles. The largest absolute Gasteiger partial charge is 0.466 e. The van der Waals surface area contributed by atoms with Crippen LogP contribution in [0.1, 0.15) is 26.7 Å². The molecule has 1 rings (SSSR count). The SMILES string of the molecule is CCOC(=O)C(C)CNC(=O)C1CCNCC1. The molecule has 1 atom stereocenters. The van der Waals surface area contributed by atoms with Gasteiger partial charge in [0.25, 0.3) is 0 Å². The highest BCUT2D eigenvalue weighted by atomic mass is 16.5. The molecular weight excluding hydrogens is 220 g/mol. The Morgan fingerprint density at radius 1 is 1.41 bits per heavy atom. The van der Waals surface area contributed by atoms with Gasteiger partial charge >= 0.3 is 5.97 Å². The number of nitrogens with one attached hydrogen (secondary N) is 2. The van der Waals surface area contributed by atoms with Gasteiger partial charge in [-0.1, -0.05) is 6.92 Å². The van der Waals surface area contributed by atoms with Crippen LogP contribution in [0, 0.1) is 11.8 Å². The number of hydrogen-bond donors (Lipinski definition) is 2. The number of piperidine rings is 1. The lowest BCUT2D eigenvalue weighted by atomic mass is 9.97. The van der Waals surface area contributed by atoms with E-state index in [0.717, 1.165) is 25.9 Å². The Bertz CT molecular complexity index is 262. The molecular formula is C12H22N2O3. The van der Waals surface area contributed by atoms with Crippen molar-refractivity contribution >= 4 is 11.9 Å². The molecule has 1 amide bonds. The molecule has 98 valence electrons. The predicted molar refractivity (Wildman–Crippen MR) is 64.4 cm³/mol. The monoisotopic (exact) mass is 242 g/mol. The normalized spacial score (nSPS) is 18.5. The highest BCUT2D eigenvalue weighted by molar-refractivity contribution is 5.80. The molecule has 0 bridgehead atoms. The van der Waals surface area contributed by atoms with Gasteiger partial charge in [-0.15, -0.1) is 0 Å². The molecule has 0 saturated carbocycles. The summed E-state index contributed by atoms with van der Waals surface area (Å²) in [6.45, 7) is 6.07. The number of carbonyl (C=O) groups is 2. The molecule has 0 radical (unpaired) electrons. The molecule has 0 aliphatic carbocycles. The zero-order valence-electron chi connectivity index (χ0n) is 10.6. The van der Waals surface area contributed by atoms with E-state index in [1.807, 2.05) is 0 Å². The highest BCUT2D eigenvalue weighted by Crippen LogP contribution is 2.11. The van der Waals surface area contributed by atoms with Gasteiger partial charge in [0.2, 0.25) is 5.91 Å². The lowest BCUT2D eigenvalue weighted by Gasteiger charge is -2.22. The summed E-state index contributed by atoms with van der Waals surface area (Å²) >= 11 is 0. The second-order valence-corrected chi connectivity index (χ2v) is 4.42. The quantitative estimate of drug-likeness (QED) is 0.681. The smallest absolute Gasteiger partial charge is 0.310 e. The van der Waals surface area contributed by atoms with Crippen LogP contribution in [0.3, 0.4) is 0 Å². The summed E-state index contributed by atoms with van der Waals surface area (Å²) in [5.74, 6) is -0.382. The first-order valence-corrected chi connectivity index (χ1v) is 6.30. The van der Waals surface area contributed by atoms with E-state index >= 15 is 0 Å². The predicted octanol–water partition coefficient (Wildman–Crippen LogP) is 0.301. The van der Waals surface area contributed by atoms with E-state index in [2.05, 4.69) is 10.6 Å². The molecule has 2 N–H and O–H groups in total. The van der Waals surface area contributed by atoms with Crippen LogP contribution in [0.25, 0.3) is 0 Å². The van der Waals surface area contributed by atoms with Crippen LogP contribution in [0.5, 0.6) is 0 Å². The van der Waals surface area contributed by atoms with Crippen LogP contribution in [-0.2, 0) is 14.3 Å². The summed E-state index contributed by atoms with van der Waals surface area (Å²) < 4.78 is 4.88. The van der Waals surface area contributed by atoms with E-state index < -0.39 is 0 Å². The minimum atomic E-state index is -0.277. The van der Waals surface area contributed by atoms with Gasteiger partial charge in [-0.3, -0.25) is 9.59 Å². The summed E-state index contributed by atoms with van der Waals surface area (Å²) in [6, 6.07) is 0. The van der Waals surface area contributed by atoms with Crippen LogP contribution < -0.4 is 10.6 Å². The first-order chi connectivity index (χ1) is 8.15. The Hall–Kier alpha value is -1.10. The van der Waals surface area contributed by atoms with Gasteiger partial charge in [-0.25, -0.2) is 0 Å². The van der Waals surface area contributed by atoms with Gasteiger partial charge in [0.15, 0.2) is 0 Å². The van der Waals surface area contributed by atoms with Crippen molar-refractivity contribution in [3.05, 3.63) is 0 Å². The lowest BCUT2D eigenvalue weighted by molar-refractivity contribution is -0.147. The molecule has 5 nitrogen and oxygen atoms in total. The van der Waals surface area contributed by atoms with Gasteiger partial charge in [0, 0.05) is 12.5 Å². The molecule has 5 heteroatoms. The van der Waals surface area contributed by atoms with E-state index in [1.54, 1.807) is 13.8 Å². The third-order valence-electron chi connectivity index (χ3n) is 2.98. The molecule has 0 aromatic carbocycles. The van der Waals surface area contributed by atoms with E-state index in [0.29, 0.717) is 13.2 Å². The summed E-state index contributed by atoms with van der Waals surface area (Å²) in [4.78, 5) is 23.1. The van der Waals surface area contributed by atoms with Gasteiger partial charge in [-0.05, 0) is 32.9 Å². The molecule has 17 heavy (non-hydrogen) atoms. The van der Waals surface area contributed by atoms with Crippen LogP contribution >= 0.6 is 0 Å². The molecule has 1 heterocycles. The molecule has 1 aliphatic heterocycles. The Morgan fingerprint density at radius 3 is 2.65 bits per heavy atom. The maximum atomic E-state index is 11.8. The maximum Gasteiger partial charge on any atom is 0.310 e. The number of carbonyl (C=O) groups excluding carboxylic acids is 2. The van der Waals surface area contributed by atoms with E-state index in [4.69, 9.17) is 4.74 Å². The first kappa shape index (κ1) is 14.0. The Labute approximate surface area is 102 Å². The van der Waals surface area contributed by atoms with Crippen molar-refractivity contribution < 1.29 is 14.3 Å². The van der Waals surface area contributed by atoms with Crippen molar-refractivity contribution in [3.63, 3.8) is 0 Å². The molecule has 0 spiro atoms. The standard InChI is InChI=1S/C12H22N2O3/c1-3-17-12(16)9(2)8-14-11(15)10-4-6-13-7-5-10/h9-10,13H,3-8H2,1-2H3,(H,14,15). The van der Waals surface area contributed by atoms with Crippen molar-refractivity contribution in [1.82, 2.24) is 10.6 Å². The summed E-state index contributed by atoms with van der Waals surface area (Å²) in [5, 5.41) is 6.04. The minimum Gasteiger partial charge on any atom is -0.466 e. The van der Waals surface area contributed by atoms with Crippen molar-refractivity contribution in [3.8, 4) is 0 Å². The van der Waals surface area contributed by atoms with Crippen LogP contribution in [0.2, 0.25) is 0 Å². The van der Waals surface area contributed by atoms with Crippen LogP contribution in [-0.4, -0.2) is 38.1 Å². The van der Waals surface area contributed by atoms with Gasteiger partial charge in [-0.2, -0.15) is 0 Å². The lowest BCUT2D eigenvalue weighted by Crippen LogP contribution is -2.40. The van der Waals surface area contributed by atoms with Gasteiger partial charge in [0.1, 0.15) is 0 Å². The fourth-order valence-electron chi connectivity index (χ4n) is 1.85. The second-order valence-electron chi connectivity index (χ2n) is 4.42. The highest BCUT2D eigenvalue weighted by Gasteiger charge is 2.22. The molecule has 0 aromatic rings. The number of ether oxygens (including phenoxy) is 1. The molecule has 1 unspecified atom stereocenters. The Balaban J connectivity index is 2.24. The van der Waals surface area contributed by atoms with Crippen LogP contribution in [0.4, 0.5) is 0 Å². The van der Waals surface area contributed by atoms with Crippen molar-refractivity contribution in [2.75, 3.05) is 26.2 Å². The fourth-order valence-corrected chi connectivity index (χ4v) is 1.85. The topological polar surface area (TPSA) is 67.4 Å². The Morgan fingerprint density at radius 2 is 2.06 bits per heavy atom. The van der Waals surface area contributed by atoms with E-state index in [-0.39, 0.29) is 23.7 Å². The molecule has 0 aromatic heterocycles. The van der Waals surface area contributed by atoms with Crippen molar-refractivity contribution in [2.45, 2.75) is 26.7 Å². The average molecular weight is 242 g/mol. The summed E-state index contributed by atoms with van der Waals surface area (Å²) in [7, 11) is 0. The third-order valence-corrected chi connectivity index (χ3v) is 2.98. The first-order valence-electron chi connectivity index (χ1n) is 6.30. The molecule has 1 fully saturated rings. The Kier molecular flexibility index (Phi) is 5.97. The van der Waals surface area contributed by atoms with Crippen molar-refractivity contribution in [1.29, 1.82) is 0 Å². The van der Waals surface area contributed by atoms with Crippen molar-refractivity contribution in [2.24, 2.45) is 11.8 Å². The zero-order chi connectivity index (χ0) is 12.7. The third kappa shape index (κ3) is 4.73. The number of hydrogen-bond acceptors (Lipinski definition) is 4. The number of esters is 1. The van der Waals surface area contributed by atoms with Gasteiger partial charge < -0.3 is 15.4 Å². The maximum absolute atomic E-state index is 11.8. The number of amides is 1. The van der Waals surface area contributed by atoms with Gasteiger partial charge in [0.05, 0.1) is 12.5 Å². The van der Waals surface area contributed by atoms with E-state index in [9.17, 15) is 9.59 Å². The average Bonchev–Trinajstić information content (AvgIpc) is 2.36. The molecule has 1 aliphatic rings. The zero-order valence-corrected chi connectivity index (χ0v) is 10.6. The fraction of sp³-hybridized carbons (Fsp3) is 0.833. The van der Waals surface area contributed by atoms with Crippen LogP contribution in [0.15, 0.2) is 0 Å².